The van der Waals surface area contributed by atoms with Gasteiger partial charge in [0.25, 0.3) is 0 Å². The molecule has 1 atom stereocenters. The minimum absolute atomic E-state index is 0.230. The van der Waals surface area contributed by atoms with Gasteiger partial charge in [-0.2, -0.15) is 0 Å². The van der Waals surface area contributed by atoms with E-state index in [1.807, 2.05) is 12.1 Å². The summed E-state index contributed by atoms with van der Waals surface area (Å²) < 4.78 is 9.44. The molecule has 0 saturated carbocycles. The average Bonchev–Trinajstić information content (AvgIpc) is 2.77. The standard InChI is InChI=1S/C12H19NO4S/c1-16-8-9(14)6-13-7-11-4-3-10(18-11)5-12(15)17-2/h3-4,9,13-14H,5-8H2,1-2H3. The van der Waals surface area contributed by atoms with E-state index in [2.05, 4.69) is 10.1 Å². The number of carbonyl (C=O) groups is 1. The summed E-state index contributed by atoms with van der Waals surface area (Å²) in [4.78, 5) is 13.2. The molecule has 1 unspecified atom stereocenters. The lowest BCUT2D eigenvalue weighted by Crippen LogP contribution is -2.29. The second-order valence-electron chi connectivity index (χ2n) is 3.86. The molecule has 18 heavy (non-hydrogen) atoms. The molecule has 1 heterocycles. The smallest absolute Gasteiger partial charge is 0.310 e. The molecule has 0 bridgehead atoms. The SMILES string of the molecule is COCC(O)CNCc1ccc(CC(=O)OC)s1. The molecule has 2 N–H and O–H groups in total. The molecule has 0 aliphatic heterocycles. The normalized spacial score (nSPS) is 12.4. The van der Waals surface area contributed by atoms with Crippen LogP contribution in [0.3, 0.4) is 0 Å². The summed E-state index contributed by atoms with van der Waals surface area (Å²) in [6.45, 7) is 1.48. The molecule has 0 saturated heterocycles. The van der Waals surface area contributed by atoms with E-state index >= 15 is 0 Å². The fraction of sp³-hybridized carbons (Fsp3) is 0.583. The number of nitrogens with one attached hydrogen (secondary N) is 1. The van der Waals surface area contributed by atoms with E-state index in [0.717, 1.165) is 9.75 Å². The zero-order valence-corrected chi connectivity index (χ0v) is 11.5. The Morgan fingerprint density at radius 2 is 2.17 bits per heavy atom. The third-order valence-corrected chi connectivity index (χ3v) is 3.39. The van der Waals surface area contributed by atoms with Crippen LogP contribution in [0, 0.1) is 0 Å². The first-order chi connectivity index (χ1) is 8.65. The first-order valence-corrected chi connectivity index (χ1v) is 6.49. The highest BCUT2D eigenvalue weighted by Gasteiger charge is 2.07. The Kier molecular flexibility index (Phi) is 6.89. The molecule has 0 spiro atoms. The highest BCUT2D eigenvalue weighted by Crippen LogP contribution is 2.17. The Balaban J connectivity index is 2.29. The van der Waals surface area contributed by atoms with Crippen molar-refractivity contribution < 1.29 is 19.4 Å². The summed E-state index contributed by atoms with van der Waals surface area (Å²) in [6, 6.07) is 3.89. The molecule has 102 valence electrons. The van der Waals surface area contributed by atoms with Gasteiger partial charge in [-0.05, 0) is 12.1 Å². The molecule has 1 aromatic heterocycles. The largest absolute Gasteiger partial charge is 0.469 e. The van der Waals surface area contributed by atoms with Crippen molar-refractivity contribution in [2.75, 3.05) is 27.4 Å². The Morgan fingerprint density at radius 3 is 2.83 bits per heavy atom. The molecule has 0 aromatic carbocycles. The van der Waals surface area contributed by atoms with Crippen LogP contribution in [0.25, 0.3) is 0 Å². The van der Waals surface area contributed by atoms with Crippen LogP contribution in [-0.2, 0) is 27.2 Å². The second-order valence-corrected chi connectivity index (χ2v) is 5.11. The quantitative estimate of drug-likeness (QED) is 0.677. The van der Waals surface area contributed by atoms with Gasteiger partial charge >= 0.3 is 5.97 Å². The van der Waals surface area contributed by atoms with Crippen molar-refractivity contribution in [2.24, 2.45) is 0 Å². The summed E-state index contributed by atoms with van der Waals surface area (Å²) in [5.41, 5.74) is 0. The van der Waals surface area contributed by atoms with Crippen LogP contribution in [0.4, 0.5) is 0 Å². The van der Waals surface area contributed by atoms with E-state index in [4.69, 9.17) is 4.74 Å². The molecule has 1 aromatic rings. The average molecular weight is 273 g/mol. The third kappa shape index (κ3) is 5.59. The van der Waals surface area contributed by atoms with Crippen molar-refractivity contribution in [3.63, 3.8) is 0 Å². The molecule has 0 fully saturated rings. The number of rotatable bonds is 8. The Hall–Kier alpha value is -0.950. The number of ether oxygens (including phenoxy) is 2. The van der Waals surface area contributed by atoms with Crippen molar-refractivity contribution in [1.82, 2.24) is 5.32 Å². The van der Waals surface area contributed by atoms with E-state index in [1.54, 1.807) is 18.4 Å². The maximum atomic E-state index is 11.1. The van der Waals surface area contributed by atoms with E-state index in [-0.39, 0.29) is 5.97 Å². The molecule has 6 heteroatoms. The minimum Gasteiger partial charge on any atom is -0.469 e. The van der Waals surface area contributed by atoms with Crippen LogP contribution in [0.2, 0.25) is 0 Å². The Morgan fingerprint density at radius 1 is 1.44 bits per heavy atom. The van der Waals surface area contributed by atoms with Crippen LogP contribution in [0.1, 0.15) is 9.75 Å². The van der Waals surface area contributed by atoms with Crippen LogP contribution in [0.15, 0.2) is 12.1 Å². The number of aliphatic hydroxyl groups is 1. The fourth-order valence-corrected chi connectivity index (χ4v) is 2.41. The van der Waals surface area contributed by atoms with Gasteiger partial charge in [-0.3, -0.25) is 4.79 Å². The molecule has 0 aliphatic carbocycles. The molecular weight excluding hydrogens is 254 g/mol. The lowest BCUT2D eigenvalue weighted by molar-refractivity contribution is -0.139. The lowest BCUT2D eigenvalue weighted by atomic mass is 10.3. The van der Waals surface area contributed by atoms with Crippen LogP contribution in [-0.4, -0.2) is 44.6 Å². The van der Waals surface area contributed by atoms with Gasteiger partial charge in [0.15, 0.2) is 0 Å². The number of hydrogen-bond acceptors (Lipinski definition) is 6. The van der Waals surface area contributed by atoms with Crippen LogP contribution >= 0.6 is 11.3 Å². The van der Waals surface area contributed by atoms with Gasteiger partial charge < -0.3 is 19.9 Å². The van der Waals surface area contributed by atoms with Gasteiger partial charge in [-0.15, -0.1) is 11.3 Å². The topological polar surface area (TPSA) is 67.8 Å². The van der Waals surface area contributed by atoms with Crippen molar-refractivity contribution in [3.8, 4) is 0 Å². The summed E-state index contributed by atoms with van der Waals surface area (Å²) in [6.07, 6.45) is -0.183. The monoisotopic (exact) mass is 273 g/mol. The minimum atomic E-state index is -0.496. The number of carbonyl (C=O) groups excluding carboxylic acids is 1. The maximum absolute atomic E-state index is 11.1. The highest BCUT2D eigenvalue weighted by atomic mass is 32.1. The number of esters is 1. The summed E-state index contributed by atoms with van der Waals surface area (Å²) in [7, 11) is 2.94. The first kappa shape index (κ1) is 15.1. The first-order valence-electron chi connectivity index (χ1n) is 5.67. The molecule has 1 rings (SSSR count). The fourth-order valence-electron chi connectivity index (χ4n) is 1.44. The predicted octanol–water partition coefficient (Wildman–Crippen LogP) is 0.560. The van der Waals surface area contributed by atoms with E-state index in [9.17, 15) is 9.90 Å². The van der Waals surface area contributed by atoms with Crippen molar-refractivity contribution in [3.05, 3.63) is 21.9 Å². The summed E-state index contributed by atoms with van der Waals surface area (Å²) in [5, 5.41) is 12.6. The zero-order valence-electron chi connectivity index (χ0n) is 10.6. The highest BCUT2D eigenvalue weighted by molar-refractivity contribution is 7.12. The van der Waals surface area contributed by atoms with Crippen molar-refractivity contribution >= 4 is 17.3 Å². The van der Waals surface area contributed by atoms with Gasteiger partial charge in [0.2, 0.25) is 0 Å². The van der Waals surface area contributed by atoms with Crippen LogP contribution in [0.5, 0.6) is 0 Å². The second kappa shape index (κ2) is 8.20. The van der Waals surface area contributed by atoms with Gasteiger partial charge in [0.05, 0.1) is 26.2 Å². The van der Waals surface area contributed by atoms with Gasteiger partial charge in [0, 0.05) is 30.0 Å². The molecule has 0 radical (unpaired) electrons. The Labute approximate surface area is 111 Å². The van der Waals surface area contributed by atoms with Crippen LogP contribution < -0.4 is 5.32 Å². The summed E-state index contributed by atoms with van der Waals surface area (Å²) in [5.74, 6) is -0.230. The Bertz CT molecular complexity index is 367. The molecule has 5 nitrogen and oxygen atoms in total. The van der Waals surface area contributed by atoms with Crippen molar-refractivity contribution in [2.45, 2.75) is 19.1 Å². The van der Waals surface area contributed by atoms with Gasteiger partial charge in [0.1, 0.15) is 0 Å². The molecule has 0 aliphatic rings. The third-order valence-electron chi connectivity index (χ3n) is 2.30. The zero-order chi connectivity index (χ0) is 13.4. The maximum Gasteiger partial charge on any atom is 0.310 e. The van der Waals surface area contributed by atoms with E-state index in [1.165, 1.54) is 7.11 Å². The van der Waals surface area contributed by atoms with E-state index < -0.39 is 6.10 Å². The molecular formula is C12H19NO4S. The number of methoxy groups -OCH3 is 2. The lowest BCUT2D eigenvalue weighted by Gasteiger charge is -2.09. The van der Waals surface area contributed by atoms with Gasteiger partial charge in [-0.25, -0.2) is 0 Å². The molecule has 0 amide bonds. The van der Waals surface area contributed by atoms with Gasteiger partial charge in [-0.1, -0.05) is 0 Å². The number of aliphatic hydroxyl groups excluding tert-OH is 1. The van der Waals surface area contributed by atoms with Crippen molar-refractivity contribution in [1.29, 1.82) is 0 Å². The van der Waals surface area contributed by atoms with E-state index in [0.29, 0.717) is 26.1 Å². The summed E-state index contributed by atoms with van der Waals surface area (Å²) >= 11 is 1.57. The number of hydrogen-bond donors (Lipinski definition) is 2. The predicted molar refractivity (Wildman–Crippen MR) is 69.6 cm³/mol. The number of thiophene rings is 1.